The van der Waals surface area contributed by atoms with Crippen molar-refractivity contribution >= 4 is 16.9 Å². The molecule has 0 spiro atoms. The maximum absolute atomic E-state index is 5.60. The molecule has 1 aliphatic carbocycles. The topological polar surface area (TPSA) is 62.1 Å². The van der Waals surface area contributed by atoms with Gasteiger partial charge in [0.05, 0.1) is 25.7 Å². The van der Waals surface area contributed by atoms with Crippen LogP contribution in [0.3, 0.4) is 0 Å². The van der Waals surface area contributed by atoms with Crippen LogP contribution in [-0.4, -0.2) is 33.2 Å². The van der Waals surface area contributed by atoms with Crippen molar-refractivity contribution in [1.29, 1.82) is 0 Å². The van der Waals surface area contributed by atoms with Crippen LogP contribution in [0.2, 0.25) is 0 Å². The fourth-order valence-corrected chi connectivity index (χ4v) is 3.17. The Hall–Kier alpha value is -3.41. The van der Waals surface area contributed by atoms with E-state index in [0.717, 1.165) is 47.0 Å². The number of aromatic nitrogens is 4. The number of ether oxygens (including phenoxy) is 2. The van der Waals surface area contributed by atoms with E-state index >= 15 is 0 Å². The third-order valence-electron chi connectivity index (χ3n) is 4.48. The molecule has 0 fully saturated rings. The van der Waals surface area contributed by atoms with Gasteiger partial charge in [-0.15, -0.1) is 0 Å². The minimum absolute atomic E-state index is 0.583. The minimum atomic E-state index is 0.583. The molecule has 28 heavy (non-hydrogen) atoms. The molecule has 3 aromatic heterocycles. The van der Waals surface area contributed by atoms with Gasteiger partial charge in [-0.2, -0.15) is 0 Å². The van der Waals surface area contributed by atoms with Crippen molar-refractivity contribution in [3.05, 3.63) is 66.7 Å². The van der Waals surface area contributed by atoms with E-state index in [-0.39, 0.29) is 0 Å². The Balaban J connectivity index is 1.94. The molecule has 0 atom stereocenters. The van der Waals surface area contributed by atoms with Gasteiger partial charge < -0.3 is 9.47 Å². The number of allylic oxidation sites excluding steroid dienone is 6. The second kappa shape index (κ2) is 8.08. The van der Waals surface area contributed by atoms with E-state index in [9.17, 15) is 0 Å². The number of rotatable bonds is 5. The van der Waals surface area contributed by atoms with Crippen molar-refractivity contribution in [3.8, 4) is 17.3 Å². The van der Waals surface area contributed by atoms with E-state index in [0.29, 0.717) is 12.4 Å². The zero-order valence-corrected chi connectivity index (χ0v) is 16.0. The molecule has 3 heterocycles. The average molecular weight is 374 g/mol. The average Bonchev–Trinajstić information content (AvgIpc) is 3.08. The highest BCUT2D eigenvalue weighted by Gasteiger charge is 2.17. The van der Waals surface area contributed by atoms with Crippen LogP contribution >= 0.6 is 0 Å². The first-order valence-corrected chi connectivity index (χ1v) is 9.34. The van der Waals surface area contributed by atoms with Gasteiger partial charge in [-0.25, -0.2) is 9.97 Å². The van der Waals surface area contributed by atoms with Crippen LogP contribution in [0.25, 0.3) is 28.4 Å². The lowest BCUT2D eigenvalue weighted by molar-refractivity contribution is 0.278. The van der Waals surface area contributed by atoms with Crippen molar-refractivity contribution in [2.24, 2.45) is 0 Å². The third-order valence-corrected chi connectivity index (χ3v) is 4.48. The van der Waals surface area contributed by atoms with Gasteiger partial charge >= 0.3 is 0 Å². The summed E-state index contributed by atoms with van der Waals surface area (Å²) >= 11 is 0. The first kappa shape index (κ1) is 18.0. The van der Waals surface area contributed by atoms with Crippen LogP contribution < -0.4 is 4.74 Å². The molecule has 6 nitrogen and oxygen atoms in total. The van der Waals surface area contributed by atoms with E-state index in [2.05, 4.69) is 22.1 Å². The molecule has 142 valence electrons. The highest BCUT2D eigenvalue weighted by atomic mass is 16.5. The summed E-state index contributed by atoms with van der Waals surface area (Å²) in [6.07, 6.45) is 13.5. The maximum atomic E-state index is 5.60. The van der Waals surface area contributed by atoms with E-state index in [4.69, 9.17) is 14.5 Å². The summed E-state index contributed by atoms with van der Waals surface area (Å²) in [5.74, 6) is 2.38. The molecular formula is C22H22N4O2. The lowest BCUT2D eigenvalue weighted by Gasteiger charge is -2.12. The summed E-state index contributed by atoms with van der Waals surface area (Å²) in [4.78, 5) is 14.0. The molecule has 6 heteroatoms. The van der Waals surface area contributed by atoms with Crippen LogP contribution in [0.15, 0.2) is 66.7 Å². The molecule has 0 aromatic carbocycles. The van der Waals surface area contributed by atoms with Gasteiger partial charge in [-0.05, 0) is 43.7 Å². The number of hydrogen-bond acceptors (Lipinski definition) is 5. The Bertz CT molecular complexity index is 1060. The zero-order valence-electron chi connectivity index (χ0n) is 16.0. The van der Waals surface area contributed by atoms with Gasteiger partial charge in [0.25, 0.3) is 0 Å². The largest absolute Gasteiger partial charge is 0.501 e. The van der Waals surface area contributed by atoms with Crippen molar-refractivity contribution in [2.75, 3.05) is 13.7 Å². The molecule has 1 aliphatic rings. The number of methoxy groups -OCH3 is 1. The zero-order chi connectivity index (χ0) is 19.3. The maximum Gasteiger partial charge on any atom is 0.165 e. The number of fused-ring (bicyclic) bond motifs is 1. The summed E-state index contributed by atoms with van der Waals surface area (Å²) in [5.41, 5.74) is 3.26. The van der Waals surface area contributed by atoms with Gasteiger partial charge in [0, 0.05) is 24.4 Å². The Morgan fingerprint density at radius 1 is 1.18 bits per heavy atom. The Labute approximate surface area is 163 Å². The lowest BCUT2D eigenvalue weighted by atomic mass is 10.1. The SMILES string of the molecule is CCOc1cnc2c(c1)nc(-c1ccccn1)n2C1=C/C=C(/OC)CC/C=C\1. The summed E-state index contributed by atoms with van der Waals surface area (Å²) in [6, 6.07) is 7.71. The molecule has 0 N–H and O–H groups in total. The van der Waals surface area contributed by atoms with Crippen molar-refractivity contribution in [3.63, 3.8) is 0 Å². The van der Waals surface area contributed by atoms with Crippen LogP contribution in [0.5, 0.6) is 5.75 Å². The van der Waals surface area contributed by atoms with Gasteiger partial charge in [0.15, 0.2) is 11.5 Å². The molecule has 0 unspecified atom stereocenters. The molecular weight excluding hydrogens is 352 g/mol. The number of pyridine rings is 2. The second-order valence-corrected chi connectivity index (χ2v) is 6.30. The van der Waals surface area contributed by atoms with Crippen molar-refractivity contribution in [1.82, 2.24) is 19.5 Å². The molecule has 0 radical (unpaired) electrons. The summed E-state index contributed by atoms with van der Waals surface area (Å²) in [5, 5.41) is 0. The predicted molar refractivity (Wildman–Crippen MR) is 110 cm³/mol. The van der Waals surface area contributed by atoms with E-state index in [1.807, 2.05) is 47.9 Å². The Morgan fingerprint density at radius 2 is 2.11 bits per heavy atom. The fraction of sp³-hybridized carbons (Fsp3) is 0.227. The number of hydrogen-bond donors (Lipinski definition) is 0. The highest BCUT2D eigenvalue weighted by molar-refractivity contribution is 5.84. The molecule has 3 aromatic rings. The highest BCUT2D eigenvalue weighted by Crippen LogP contribution is 2.29. The smallest absolute Gasteiger partial charge is 0.165 e. The quantitative estimate of drug-likeness (QED) is 0.652. The summed E-state index contributed by atoms with van der Waals surface area (Å²) < 4.78 is 13.1. The third kappa shape index (κ3) is 3.53. The minimum Gasteiger partial charge on any atom is -0.501 e. The van der Waals surface area contributed by atoms with Gasteiger partial charge in [-0.1, -0.05) is 12.1 Å². The first-order valence-electron chi connectivity index (χ1n) is 9.34. The number of nitrogens with zero attached hydrogens (tertiary/aromatic N) is 4. The Kier molecular flexibility index (Phi) is 5.19. The van der Waals surface area contributed by atoms with Crippen molar-refractivity contribution in [2.45, 2.75) is 19.8 Å². The Morgan fingerprint density at radius 3 is 2.89 bits per heavy atom. The van der Waals surface area contributed by atoms with Crippen LogP contribution in [-0.2, 0) is 4.74 Å². The normalized spacial score (nSPS) is 19.1. The standard InChI is InChI=1S/C22H22N4O2/c1-3-28-18-14-20-21(24-15-18)26(22(25-20)19-10-6-7-13-23-19)16-8-4-5-9-17(27-2)12-11-16/h4,6-8,10-15H,3,5,9H2,1-2H3/b8-4-,16-11+,17-12+. The van der Waals surface area contributed by atoms with E-state index in [1.165, 1.54) is 0 Å². The van der Waals surface area contributed by atoms with Crippen LogP contribution in [0.4, 0.5) is 0 Å². The van der Waals surface area contributed by atoms with Crippen LogP contribution in [0.1, 0.15) is 19.8 Å². The summed E-state index contributed by atoms with van der Waals surface area (Å²) in [6.45, 7) is 2.53. The number of imidazole rings is 1. The first-order chi connectivity index (χ1) is 13.8. The molecule has 0 amide bonds. The lowest BCUT2D eigenvalue weighted by Crippen LogP contribution is -2.02. The molecule has 0 aliphatic heterocycles. The molecule has 4 rings (SSSR count). The van der Waals surface area contributed by atoms with Gasteiger partial charge in [-0.3, -0.25) is 9.55 Å². The van der Waals surface area contributed by atoms with Gasteiger partial charge in [0.2, 0.25) is 0 Å². The predicted octanol–water partition coefficient (Wildman–Crippen LogP) is 4.61. The van der Waals surface area contributed by atoms with Gasteiger partial charge in [0.1, 0.15) is 17.0 Å². The summed E-state index contributed by atoms with van der Waals surface area (Å²) in [7, 11) is 1.70. The second-order valence-electron chi connectivity index (χ2n) is 6.30. The molecule has 0 bridgehead atoms. The van der Waals surface area contributed by atoms with E-state index < -0.39 is 0 Å². The molecule has 0 saturated heterocycles. The molecule has 0 saturated carbocycles. The van der Waals surface area contributed by atoms with Crippen molar-refractivity contribution < 1.29 is 9.47 Å². The van der Waals surface area contributed by atoms with E-state index in [1.54, 1.807) is 19.5 Å². The van der Waals surface area contributed by atoms with Crippen LogP contribution in [0, 0.1) is 0 Å². The monoisotopic (exact) mass is 374 g/mol. The fourth-order valence-electron chi connectivity index (χ4n) is 3.17.